The van der Waals surface area contributed by atoms with Crippen molar-refractivity contribution in [2.24, 2.45) is 0 Å². The molecular weight excluding hydrogens is 242 g/mol. The maximum absolute atomic E-state index is 5.95. The van der Waals surface area contributed by atoms with Crippen molar-refractivity contribution in [2.45, 2.75) is 33.1 Å². The van der Waals surface area contributed by atoms with Crippen molar-refractivity contribution in [3.63, 3.8) is 0 Å². The van der Waals surface area contributed by atoms with Crippen molar-refractivity contribution in [1.29, 1.82) is 0 Å². The molecule has 0 spiro atoms. The molecule has 102 valence electrons. The van der Waals surface area contributed by atoms with Crippen molar-refractivity contribution in [1.82, 2.24) is 15.0 Å². The Balaban J connectivity index is 2.32. The molecule has 0 amide bonds. The Morgan fingerprint density at radius 3 is 2.63 bits per heavy atom. The minimum atomic E-state index is -0.251. The Morgan fingerprint density at radius 2 is 1.95 bits per heavy atom. The average molecular weight is 261 g/mol. The van der Waals surface area contributed by atoms with Crippen molar-refractivity contribution < 1.29 is 9.47 Å². The lowest BCUT2D eigenvalue weighted by molar-refractivity contribution is 0.108. The van der Waals surface area contributed by atoms with Gasteiger partial charge in [0.05, 0.1) is 6.20 Å². The van der Waals surface area contributed by atoms with E-state index >= 15 is 0 Å². The number of hydrogen-bond acceptors (Lipinski definition) is 4. The first kappa shape index (κ1) is 13.5. The van der Waals surface area contributed by atoms with Crippen molar-refractivity contribution in [2.75, 3.05) is 7.11 Å². The van der Waals surface area contributed by atoms with Gasteiger partial charge in [0.25, 0.3) is 0 Å². The molecule has 0 aliphatic rings. The van der Waals surface area contributed by atoms with Gasteiger partial charge in [-0.3, -0.25) is 0 Å². The van der Waals surface area contributed by atoms with Gasteiger partial charge in [0.15, 0.2) is 6.73 Å². The maximum atomic E-state index is 5.95. The first-order valence-corrected chi connectivity index (χ1v) is 6.17. The summed E-state index contributed by atoms with van der Waals surface area (Å²) in [5.74, 6) is 0.805. The summed E-state index contributed by atoms with van der Waals surface area (Å²) in [5, 5.41) is 8.51. The van der Waals surface area contributed by atoms with Gasteiger partial charge in [0, 0.05) is 12.7 Å². The summed E-state index contributed by atoms with van der Waals surface area (Å²) in [4.78, 5) is 1.50. The molecule has 2 rings (SSSR count). The van der Waals surface area contributed by atoms with E-state index in [1.54, 1.807) is 13.3 Å². The molecule has 0 N–H and O–H groups in total. The molecule has 5 heteroatoms. The number of nitrogens with zero attached hydrogens (tertiary/aromatic N) is 3. The molecule has 0 unspecified atom stereocenters. The Kier molecular flexibility index (Phi) is 3.85. The lowest BCUT2D eigenvalue weighted by atomic mass is 10.1. The van der Waals surface area contributed by atoms with E-state index in [4.69, 9.17) is 9.47 Å². The lowest BCUT2D eigenvalue weighted by Crippen LogP contribution is -2.23. The van der Waals surface area contributed by atoms with Crippen LogP contribution in [0.3, 0.4) is 0 Å². The van der Waals surface area contributed by atoms with E-state index < -0.39 is 0 Å². The van der Waals surface area contributed by atoms with Gasteiger partial charge in [-0.1, -0.05) is 12.1 Å². The fraction of sp³-hybridized carbons (Fsp3) is 0.429. The van der Waals surface area contributed by atoms with E-state index in [1.165, 1.54) is 4.80 Å². The molecule has 0 fully saturated rings. The minimum Gasteiger partial charge on any atom is -0.487 e. The fourth-order valence-corrected chi connectivity index (χ4v) is 1.70. The van der Waals surface area contributed by atoms with E-state index in [0.717, 1.165) is 17.0 Å². The van der Waals surface area contributed by atoms with Crippen LogP contribution in [0.1, 0.15) is 20.8 Å². The van der Waals surface area contributed by atoms with E-state index in [1.807, 2.05) is 45.0 Å². The summed E-state index contributed by atoms with van der Waals surface area (Å²) in [7, 11) is 1.61. The van der Waals surface area contributed by atoms with Crippen LogP contribution >= 0.6 is 0 Å². The van der Waals surface area contributed by atoms with Gasteiger partial charge < -0.3 is 9.47 Å². The zero-order valence-corrected chi connectivity index (χ0v) is 11.8. The molecule has 0 bridgehead atoms. The molecule has 1 heterocycles. The third-order valence-electron chi connectivity index (χ3n) is 2.36. The molecule has 5 nitrogen and oxygen atoms in total. The predicted molar refractivity (Wildman–Crippen MR) is 72.8 cm³/mol. The van der Waals surface area contributed by atoms with E-state index in [0.29, 0.717) is 6.73 Å². The second-order valence-corrected chi connectivity index (χ2v) is 5.23. The normalized spacial score (nSPS) is 11.6. The lowest BCUT2D eigenvalue weighted by Gasteiger charge is -2.22. The first-order chi connectivity index (χ1) is 8.99. The molecular formula is C14H19N3O2. The molecule has 2 aromatic rings. The Hall–Kier alpha value is -1.88. The number of aromatic nitrogens is 3. The molecule has 1 aromatic heterocycles. The van der Waals surface area contributed by atoms with Crippen LogP contribution in [0.4, 0.5) is 0 Å². The number of methoxy groups -OCH3 is 1. The Bertz CT molecular complexity index is 544. The van der Waals surface area contributed by atoms with Crippen LogP contribution < -0.4 is 4.74 Å². The topological polar surface area (TPSA) is 49.2 Å². The summed E-state index contributed by atoms with van der Waals surface area (Å²) in [5.41, 5.74) is 1.45. The maximum Gasteiger partial charge on any atom is 0.158 e. The predicted octanol–water partition coefficient (Wildman–Crippen LogP) is 2.73. The molecule has 1 aromatic carbocycles. The van der Waals surface area contributed by atoms with Crippen LogP contribution in [0.15, 0.2) is 30.5 Å². The SMILES string of the molecule is COCn1ncc(-c2ccccc2OC(C)(C)C)n1. The number of ether oxygens (including phenoxy) is 2. The largest absolute Gasteiger partial charge is 0.487 e. The standard InChI is InChI=1S/C14H19N3O2/c1-14(2,3)19-13-8-6-5-7-11(13)12-9-15-17(16-12)10-18-4/h5-9H,10H2,1-4H3. The van der Waals surface area contributed by atoms with Gasteiger partial charge >= 0.3 is 0 Å². The van der Waals surface area contributed by atoms with Gasteiger partial charge in [-0.05, 0) is 32.9 Å². The molecule has 0 saturated heterocycles. The monoisotopic (exact) mass is 261 g/mol. The fourth-order valence-electron chi connectivity index (χ4n) is 1.70. The molecule has 0 saturated carbocycles. The quantitative estimate of drug-likeness (QED) is 0.849. The summed E-state index contributed by atoms with van der Waals surface area (Å²) in [6, 6.07) is 7.82. The number of benzene rings is 1. The second-order valence-electron chi connectivity index (χ2n) is 5.23. The zero-order valence-electron chi connectivity index (χ0n) is 11.8. The van der Waals surface area contributed by atoms with Crippen molar-refractivity contribution in [3.05, 3.63) is 30.5 Å². The van der Waals surface area contributed by atoms with Crippen LogP contribution in [-0.2, 0) is 11.5 Å². The molecule has 19 heavy (non-hydrogen) atoms. The summed E-state index contributed by atoms with van der Waals surface area (Å²) < 4.78 is 10.9. The third kappa shape index (κ3) is 3.54. The van der Waals surface area contributed by atoms with Crippen molar-refractivity contribution >= 4 is 0 Å². The van der Waals surface area contributed by atoms with Gasteiger partial charge in [0.2, 0.25) is 0 Å². The summed E-state index contributed by atoms with van der Waals surface area (Å²) in [6.07, 6.45) is 1.71. The molecule has 0 radical (unpaired) electrons. The number of para-hydroxylation sites is 1. The average Bonchev–Trinajstić information content (AvgIpc) is 2.76. The highest BCUT2D eigenvalue weighted by Gasteiger charge is 2.16. The number of hydrogen-bond donors (Lipinski definition) is 0. The summed E-state index contributed by atoms with van der Waals surface area (Å²) in [6.45, 7) is 6.39. The molecule has 0 atom stereocenters. The minimum absolute atomic E-state index is 0.251. The highest BCUT2D eigenvalue weighted by atomic mass is 16.5. The van der Waals surface area contributed by atoms with Crippen LogP contribution in [-0.4, -0.2) is 27.7 Å². The van der Waals surface area contributed by atoms with Gasteiger partial charge in [-0.25, -0.2) is 0 Å². The van der Waals surface area contributed by atoms with Gasteiger partial charge in [-0.15, -0.1) is 0 Å². The van der Waals surface area contributed by atoms with Crippen LogP contribution in [0.25, 0.3) is 11.3 Å². The number of rotatable bonds is 4. The first-order valence-electron chi connectivity index (χ1n) is 6.17. The zero-order chi connectivity index (χ0) is 13.9. The highest BCUT2D eigenvalue weighted by molar-refractivity contribution is 5.66. The van der Waals surface area contributed by atoms with Crippen LogP contribution in [0, 0.1) is 0 Å². The van der Waals surface area contributed by atoms with E-state index in [9.17, 15) is 0 Å². The van der Waals surface area contributed by atoms with Crippen molar-refractivity contribution in [3.8, 4) is 17.0 Å². The van der Waals surface area contributed by atoms with E-state index in [2.05, 4.69) is 10.2 Å². The Morgan fingerprint density at radius 1 is 1.21 bits per heavy atom. The second kappa shape index (κ2) is 5.40. The van der Waals surface area contributed by atoms with Gasteiger partial charge in [0.1, 0.15) is 17.0 Å². The van der Waals surface area contributed by atoms with Crippen LogP contribution in [0.5, 0.6) is 5.75 Å². The molecule has 0 aliphatic carbocycles. The smallest absolute Gasteiger partial charge is 0.158 e. The van der Waals surface area contributed by atoms with E-state index in [-0.39, 0.29) is 5.60 Å². The van der Waals surface area contributed by atoms with Crippen LogP contribution in [0.2, 0.25) is 0 Å². The third-order valence-corrected chi connectivity index (χ3v) is 2.36. The molecule has 0 aliphatic heterocycles. The highest BCUT2D eigenvalue weighted by Crippen LogP contribution is 2.30. The Labute approximate surface area is 113 Å². The van der Waals surface area contributed by atoms with Gasteiger partial charge in [-0.2, -0.15) is 15.0 Å². The summed E-state index contributed by atoms with van der Waals surface area (Å²) >= 11 is 0.